The molecule has 1 amide bonds. The zero-order chi connectivity index (χ0) is 15.0. The predicted octanol–water partition coefficient (Wildman–Crippen LogP) is 2.24. The minimum absolute atomic E-state index is 0.114. The fourth-order valence-electron chi connectivity index (χ4n) is 4.08. The summed E-state index contributed by atoms with van der Waals surface area (Å²) in [5, 5.41) is 0. The van der Waals surface area contributed by atoms with Gasteiger partial charge in [-0.05, 0) is 50.5 Å². The molecule has 0 bridgehead atoms. The van der Waals surface area contributed by atoms with Crippen molar-refractivity contribution >= 4 is 11.9 Å². The average molecular weight is 300 g/mol. The topological polar surface area (TPSA) is 49.3 Å². The number of carbonyl (C=O) groups is 1. The van der Waals surface area contributed by atoms with E-state index >= 15 is 0 Å². The first-order chi connectivity index (χ1) is 10.8. The van der Waals surface area contributed by atoms with Crippen molar-refractivity contribution in [2.24, 2.45) is 5.92 Å². The van der Waals surface area contributed by atoms with Crippen LogP contribution < -0.4 is 4.90 Å². The molecule has 4 rings (SSSR count). The minimum Gasteiger partial charge on any atom is -0.341 e. The van der Waals surface area contributed by atoms with Crippen molar-refractivity contribution in [1.82, 2.24) is 14.9 Å². The molecular weight excluding hydrogens is 276 g/mol. The second-order valence-corrected chi connectivity index (χ2v) is 7.06. The van der Waals surface area contributed by atoms with Crippen LogP contribution in [-0.4, -0.2) is 45.9 Å². The molecule has 3 aliphatic rings. The Morgan fingerprint density at radius 3 is 2.73 bits per heavy atom. The Labute approximate surface area is 131 Å². The first-order valence-electron chi connectivity index (χ1n) is 8.59. The maximum atomic E-state index is 12.4. The van der Waals surface area contributed by atoms with Gasteiger partial charge in [-0.15, -0.1) is 0 Å². The van der Waals surface area contributed by atoms with Gasteiger partial charge in [0.1, 0.15) is 0 Å². The van der Waals surface area contributed by atoms with Crippen molar-refractivity contribution in [3.8, 4) is 0 Å². The van der Waals surface area contributed by atoms with Gasteiger partial charge in [0.2, 0.25) is 11.9 Å². The van der Waals surface area contributed by atoms with E-state index in [0.717, 1.165) is 63.6 Å². The summed E-state index contributed by atoms with van der Waals surface area (Å²) in [6, 6.07) is 1.86. The number of hydrogen-bond acceptors (Lipinski definition) is 4. The van der Waals surface area contributed by atoms with E-state index in [0.29, 0.717) is 5.91 Å². The molecule has 22 heavy (non-hydrogen) atoms. The van der Waals surface area contributed by atoms with Crippen molar-refractivity contribution in [3.63, 3.8) is 0 Å². The molecule has 0 radical (unpaired) electrons. The van der Waals surface area contributed by atoms with E-state index in [9.17, 15) is 4.79 Å². The Morgan fingerprint density at radius 2 is 1.95 bits per heavy atom. The highest BCUT2D eigenvalue weighted by Gasteiger charge is 2.47. The van der Waals surface area contributed by atoms with Crippen molar-refractivity contribution in [2.45, 2.75) is 50.5 Å². The Morgan fingerprint density at radius 1 is 1.14 bits per heavy atom. The SMILES string of the molecule is O=C1CCC2(CCCN(c3ncccn3)CC2)N1CC1CC1. The van der Waals surface area contributed by atoms with E-state index in [1.165, 1.54) is 12.8 Å². The van der Waals surface area contributed by atoms with Gasteiger partial charge in [0.25, 0.3) is 0 Å². The van der Waals surface area contributed by atoms with Gasteiger partial charge in [0.15, 0.2) is 0 Å². The first kappa shape index (κ1) is 14.0. The third-order valence-corrected chi connectivity index (χ3v) is 5.57. The summed E-state index contributed by atoms with van der Waals surface area (Å²) in [6.07, 6.45) is 11.3. The lowest BCUT2D eigenvalue weighted by molar-refractivity contribution is -0.131. The molecule has 5 nitrogen and oxygen atoms in total. The van der Waals surface area contributed by atoms with Crippen LogP contribution in [0.4, 0.5) is 5.95 Å². The average Bonchev–Trinajstić information content (AvgIpc) is 3.34. The number of rotatable bonds is 3. The minimum atomic E-state index is 0.114. The van der Waals surface area contributed by atoms with Crippen LogP contribution in [0.2, 0.25) is 0 Å². The second-order valence-electron chi connectivity index (χ2n) is 7.06. The molecule has 2 saturated heterocycles. The molecule has 1 aromatic rings. The highest BCUT2D eigenvalue weighted by Crippen LogP contribution is 2.42. The maximum absolute atomic E-state index is 12.4. The number of carbonyl (C=O) groups excluding carboxylic acids is 1. The lowest BCUT2D eigenvalue weighted by Crippen LogP contribution is -2.47. The summed E-state index contributed by atoms with van der Waals surface area (Å²) < 4.78 is 0. The van der Waals surface area contributed by atoms with Gasteiger partial charge in [-0.25, -0.2) is 9.97 Å². The second kappa shape index (κ2) is 5.52. The molecule has 1 spiro atoms. The Bertz CT molecular complexity index is 545. The molecule has 1 atom stereocenters. The van der Waals surface area contributed by atoms with Gasteiger partial charge in [-0.1, -0.05) is 0 Å². The molecule has 1 unspecified atom stereocenters. The molecule has 1 aliphatic carbocycles. The number of likely N-dealkylation sites (tertiary alicyclic amines) is 1. The van der Waals surface area contributed by atoms with Crippen LogP contribution in [0.3, 0.4) is 0 Å². The molecule has 1 saturated carbocycles. The number of nitrogens with zero attached hydrogens (tertiary/aromatic N) is 4. The van der Waals surface area contributed by atoms with Crippen LogP contribution in [0, 0.1) is 5.92 Å². The molecule has 3 heterocycles. The van der Waals surface area contributed by atoms with Gasteiger partial charge >= 0.3 is 0 Å². The van der Waals surface area contributed by atoms with E-state index in [1.54, 1.807) is 0 Å². The summed E-state index contributed by atoms with van der Waals surface area (Å²) in [5.74, 6) is 1.99. The molecule has 3 fully saturated rings. The Kier molecular flexibility index (Phi) is 3.51. The van der Waals surface area contributed by atoms with Crippen LogP contribution in [0.15, 0.2) is 18.5 Å². The zero-order valence-corrected chi connectivity index (χ0v) is 13.1. The highest BCUT2D eigenvalue weighted by molar-refractivity contribution is 5.79. The summed E-state index contributed by atoms with van der Waals surface area (Å²) in [4.78, 5) is 25.7. The van der Waals surface area contributed by atoms with Gasteiger partial charge in [0.05, 0.1) is 0 Å². The van der Waals surface area contributed by atoms with E-state index in [4.69, 9.17) is 0 Å². The predicted molar refractivity (Wildman–Crippen MR) is 84.5 cm³/mol. The molecule has 1 aromatic heterocycles. The van der Waals surface area contributed by atoms with E-state index < -0.39 is 0 Å². The first-order valence-corrected chi connectivity index (χ1v) is 8.59. The largest absolute Gasteiger partial charge is 0.341 e. The standard InChI is InChI=1S/C17H24N4O/c22-15-5-7-17(21(15)13-14-3-4-14)6-1-11-20(12-8-17)16-18-9-2-10-19-16/h2,9-10,14H,1,3-8,11-13H2. The normalized spacial score (nSPS) is 29.2. The van der Waals surface area contributed by atoms with Gasteiger partial charge in [0, 0.05) is 44.0 Å². The summed E-state index contributed by atoms with van der Waals surface area (Å²) >= 11 is 0. The fraction of sp³-hybridized carbons (Fsp3) is 0.706. The number of hydrogen-bond donors (Lipinski definition) is 0. The van der Waals surface area contributed by atoms with Crippen LogP contribution in [-0.2, 0) is 4.79 Å². The highest BCUT2D eigenvalue weighted by atomic mass is 16.2. The third kappa shape index (κ3) is 2.57. The number of amides is 1. The van der Waals surface area contributed by atoms with Gasteiger partial charge in [-0.2, -0.15) is 0 Å². The molecular formula is C17H24N4O. The Balaban J connectivity index is 1.50. The van der Waals surface area contributed by atoms with Crippen LogP contribution in [0.5, 0.6) is 0 Å². The van der Waals surface area contributed by atoms with Crippen molar-refractivity contribution in [2.75, 3.05) is 24.5 Å². The molecule has 118 valence electrons. The Hall–Kier alpha value is -1.65. The zero-order valence-electron chi connectivity index (χ0n) is 13.1. The summed E-state index contributed by atoms with van der Waals surface area (Å²) in [5.41, 5.74) is 0.114. The number of anilines is 1. The maximum Gasteiger partial charge on any atom is 0.225 e. The fourth-order valence-corrected chi connectivity index (χ4v) is 4.08. The molecule has 0 N–H and O–H groups in total. The van der Waals surface area contributed by atoms with E-state index in [-0.39, 0.29) is 5.54 Å². The van der Waals surface area contributed by atoms with Crippen LogP contribution in [0.25, 0.3) is 0 Å². The molecule has 0 aromatic carbocycles. The molecule has 2 aliphatic heterocycles. The van der Waals surface area contributed by atoms with Crippen molar-refractivity contribution in [3.05, 3.63) is 18.5 Å². The lowest BCUT2D eigenvalue weighted by Gasteiger charge is -2.38. The third-order valence-electron chi connectivity index (χ3n) is 5.57. The smallest absolute Gasteiger partial charge is 0.225 e. The van der Waals surface area contributed by atoms with E-state index in [1.807, 2.05) is 18.5 Å². The molecule has 5 heteroatoms. The van der Waals surface area contributed by atoms with Crippen molar-refractivity contribution < 1.29 is 4.79 Å². The van der Waals surface area contributed by atoms with Crippen LogP contribution in [0.1, 0.15) is 44.9 Å². The van der Waals surface area contributed by atoms with Gasteiger partial charge < -0.3 is 9.80 Å². The van der Waals surface area contributed by atoms with Gasteiger partial charge in [-0.3, -0.25) is 4.79 Å². The number of aromatic nitrogens is 2. The quantitative estimate of drug-likeness (QED) is 0.859. The monoisotopic (exact) mass is 300 g/mol. The summed E-state index contributed by atoms with van der Waals surface area (Å²) in [6.45, 7) is 2.95. The van der Waals surface area contributed by atoms with E-state index in [2.05, 4.69) is 19.8 Å². The summed E-state index contributed by atoms with van der Waals surface area (Å²) in [7, 11) is 0. The lowest BCUT2D eigenvalue weighted by atomic mass is 9.87. The van der Waals surface area contributed by atoms with Crippen LogP contribution >= 0.6 is 0 Å². The van der Waals surface area contributed by atoms with Crippen molar-refractivity contribution in [1.29, 1.82) is 0 Å².